The van der Waals surface area contributed by atoms with E-state index >= 15 is 0 Å². The van der Waals surface area contributed by atoms with Crippen LogP contribution >= 0.6 is 0 Å². The highest BCUT2D eigenvalue weighted by Gasteiger charge is 2.16. The summed E-state index contributed by atoms with van der Waals surface area (Å²) in [5.41, 5.74) is 1.36. The molecule has 0 aliphatic heterocycles. The smallest absolute Gasteiger partial charge is 0.243 e. The zero-order valence-electron chi connectivity index (χ0n) is 12.1. The largest absolute Gasteiger partial charge is 0.437 e. The van der Waals surface area contributed by atoms with Crippen LogP contribution in [-0.2, 0) is 0 Å². The van der Waals surface area contributed by atoms with E-state index in [4.69, 9.17) is 4.74 Å². The van der Waals surface area contributed by atoms with Gasteiger partial charge in [-0.2, -0.15) is 0 Å². The van der Waals surface area contributed by atoms with Crippen LogP contribution in [-0.4, -0.2) is 14.6 Å². The Bertz CT molecular complexity index is 952. The summed E-state index contributed by atoms with van der Waals surface area (Å²) in [6.07, 6.45) is 0. The molecule has 0 N–H and O–H groups in total. The number of ether oxygens (including phenoxy) is 1. The molecule has 0 amide bonds. The van der Waals surface area contributed by atoms with Crippen molar-refractivity contribution in [2.45, 2.75) is 0 Å². The third-order valence-corrected chi connectivity index (χ3v) is 3.46. The van der Waals surface area contributed by atoms with Gasteiger partial charge in [-0.15, -0.1) is 10.2 Å². The number of benzene rings is 2. The van der Waals surface area contributed by atoms with Gasteiger partial charge in [0.15, 0.2) is 17.3 Å². The highest BCUT2D eigenvalue weighted by Crippen LogP contribution is 2.29. The Morgan fingerprint density at radius 1 is 0.783 bits per heavy atom. The van der Waals surface area contributed by atoms with E-state index < -0.39 is 5.82 Å². The molecule has 2 heterocycles. The van der Waals surface area contributed by atoms with E-state index in [2.05, 4.69) is 10.2 Å². The van der Waals surface area contributed by atoms with Crippen LogP contribution in [0, 0.1) is 5.82 Å². The predicted molar refractivity (Wildman–Crippen MR) is 84.9 cm³/mol. The monoisotopic (exact) mass is 305 g/mol. The Labute approximate surface area is 131 Å². The number of fused-ring (bicyclic) bond motifs is 1. The molecular formula is C18H12FN3O. The fourth-order valence-electron chi connectivity index (χ4n) is 2.40. The van der Waals surface area contributed by atoms with Crippen LogP contribution in [0.1, 0.15) is 0 Å². The van der Waals surface area contributed by atoms with Crippen molar-refractivity contribution in [2.75, 3.05) is 0 Å². The molecule has 23 heavy (non-hydrogen) atoms. The summed E-state index contributed by atoms with van der Waals surface area (Å²) < 4.78 is 21.7. The minimum atomic E-state index is -0.474. The van der Waals surface area contributed by atoms with Gasteiger partial charge in [0, 0.05) is 5.56 Å². The molecule has 2 aromatic carbocycles. The van der Waals surface area contributed by atoms with Gasteiger partial charge >= 0.3 is 0 Å². The van der Waals surface area contributed by atoms with Gasteiger partial charge in [0.2, 0.25) is 5.88 Å². The van der Waals surface area contributed by atoms with E-state index in [1.165, 1.54) is 6.07 Å². The lowest BCUT2D eigenvalue weighted by atomic mass is 10.2. The van der Waals surface area contributed by atoms with Gasteiger partial charge in [-0.3, -0.25) is 0 Å². The molecule has 0 saturated carbocycles. The average Bonchev–Trinajstić information content (AvgIpc) is 3.03. The lowest BCUT2D eigenvalue weighted by Crippen LogP contribution is -1.99. The molecule has 0 aliphatic carbocycles. The van der Waals surface area contributed by atoms with E-state index in [0.29, 0.717) is 17.2 Å². The molecule has 4 rings (SSSR count). The van der Waals surface area contributed by atoms with Crippen LogP contribution < -0.4 is 4.74 Å². The summed E-state index contributed by atoms with van der Waals surface area (Å²) in [4.78, 5) is 0. The first-order valence-electron chi connectivity index (χ1n) is 7.15. The highest BCUT2D eigenvalue weighted by molar-refractivity contribution is 5.61. The summed E-state index contributed by atoms with van der Waals surface area (Å²) in [5.74, 6) is 0.675. The first-order valence-corrected chi connectivity index (χ1v) is 7.15. The summed E-state index contributed by atoms with van der Waals surface area (Å²) in [6, 6.07) is 21.5. The lowest BCUT2D eigenvalue weighted by molar-refractivity contribution is 0.417. The molecule has 0 saturated heterocycles. The Kier molecular flexibility index (Phi) is 3.24. The normalized spacial score (nSPS) is 10.8. The van der Waals surface area contributed by atoms with E-state index in [-0.39, 0.29) is 5.88 Å². The predicted octanol–water partition coefficient (Wildman–Crippen LogP) is 4.33. The quantitative estimate of drug-likeness (QED) is 0.565. The van der Waals surface area contributed by atoms with Crippen molar-refractivity contribution in [3.63, 3.8) is 0 Å². The van der Waals surface area contributed by atoms with Gasteiger partial charge in [-0.1, -0.05) is 48.5 Å². The minimum absolute atomic E-state index is 0.0672. The molecule has 0 fully saturated rings. The average molecular weight is 305 g/mol. The Balaban J connectivity index is 1.92. The molecule has 0 atom stereocenters. The van der Waals surface area contributed by atoms with Crippen molar-refractivity contribution in [1.29, 1.82) is 0 Å². The molecule has 4 nitrogen and oxygen atoms in total. The van der Waals surface area contributed by atoms with Gasteiger partial charge in [-0.05, 0) is 24.3 Å². The first-order chi connectivity index (χ1) is 11.3. The van der Waals surface area contributed by atoms with Gasteiger partial charge < -0.3 is 4.74 Å². The number of pyridine rings is 1. The SMILES string of the molecule is Fc1ccc2nnc(-c3ccccc3)n2c1Oc1ccccc1. The van der Waals surface area contributed by atoms with Crippen molar-refractivity contribution >= 4 is 5.65 Å². The number of aromatic nitrogens is 3. The molecule has 4 aromatic rings. The third-order valence-electron chi connectivity index (χ3n) is 3.46. The van der Waals surface area contributed by atoms with Crippen LogP contribution in [0.15, 0.2) is 72.8 Å². The fraction of sp³-hybridized carbons (Fsp3) is 0. The van der Waals surface area contributed by atoms with E-state index in [1.54, 1.807) is 22.6 Å². The second-order valence-electron chi connectivity index (χ2n) is 4.98. The number of hydrogen-bond acceptors (Lipinski definition) is 3. The molecule has 112 valence electrons. The van der Waals surface area contributed by atoms with Crippen molar-refractivity contribution < 1.29 is 9.13 Å². The lowest BCUT2D eigenvalue weighted by Gasteiger charge is -2.10. The minimum Gasteiger partial charge on any atom is -0.437 e. The molecule has 0 unspecified atom stereocenters. The van der Waals surface area contributed by atoms with Gasteiger partial charge in [0.1, 0.15) is 5.75 Å². The zero-order valence-corrected chi connectivity index (χ0v) is 12.1. The summed E-state index contributed by atoms with van der Waals surface area (Å²) in [5, 5.41) is 8.28. The number of nitrogens with zero attached hydrogens (tertiary/aromatic N) is 3. The number of hydrogen-bond donors (Lipinski definition) is 0. The Morgan fingerprint density at radius 2 is 1.48 bits per heavy atom. The van der Waals surface area contributed by atoms with Crippen LogP contribution in [0.5, 0.6) is 11.6 Å². The van der Waals surface area contributed by atoms with E-state index in [0.717, 1.165) is 5.56 Å². The third kappa shape index (κ3) is 2.42. The summed E-state index contributed by atoms with van der Waals surface area (Å²) in [7, 11) is 0. The maximum atomic E-state index is 14.4. The van der Waals surface area contributed by atoms with Crippen LogP contribution in [0.4, 0.5) is 4.39 Å². The first kappa shape index (κ1) is 13.5. The number of para-hydroxylation sites is 1. The Hall–Kier alpha value is -3.21. The number of halogens is 1. The molecule has 0 bridgehead atoms. The van der Waals surface area contributed by atoms with Gasteiger partial charge in [-0.25, -0.2) is 8.79 Å². The molecule has 5 heteroatoms. The maximum absolute atomic E-state index is 14.4. The van der Waals surface area contributed by atoms with Crippen LogP contribution in [0.3, 0.4) is 0 Å². The second-order valence-corrected chi connectivity index (χ2v) is 4.98. The molecule has 2 aromatic heterocycles. The summed E-state index contributed by atoms with van der Waals surface area (Å²) in [6.45, 7) is 0. The second kappa shape index (κ2) is 5.53. The Morgan fingerprint density at radius 3 is 2.22 bits per heavy atom. The van der Waals surface area contributed by atoms with E-state index in [1.807, 2.05) is 48.5 Å². The van der Waals surface area contributed by atoms with Gasteiger partial charge in [0.25, 0.3) is 0 Å². The molecule has 0 radical (unpaired) electrons. The van der Waals surface area contributed by atoms with E-state index in [9.17, 15) is 4.39 Å². The molecular weight excluding hydrogens is 293 g/mol. The van der Waals surface area contributed by atoms with Crippen LogP contribution in [0.25, 0.3) is 17.0 Å². The van der Waals surface area contributed by atoms with Crippen molar-refractivity contribution in [3.8, 4) is 23.0 Å². The van der Waals surface area contributed by atoms with Gasteiger partial charge in [0.05, 0.1) is 0 Å². The molecule has 0 spiro atoms. The van der Waals surface area contributed by atoms with Crippen molar-refractivity contribution in [2.24, 2.45) is 0 Å². The van der Waals surface area contributed by atoms with Crippen LogP contribution in [0.2, 0.25) is 0 Å². The molecule has 0 aliphatic rings. The highest BCUT2D eigenvalue weighted by atomic mass is 19.1. The topological polar surface area (TPSA) is 39.4 Å². The standard InChI is InChI=1S/C18H12FN3O/c19-15-11-12-16-20-21-17(13-7-3-1-4-8-13)22(16)18(15)23-14-9-5-2-6-10-14/h1-12H. The van der Waals surface area contributed by atoms with Crippen molar-refractivity contribution in [1.82, 2.24) is 14.6 Å². The zero-order chi connectivity index (χ0) is 15.6. The number of rotatable bonds is 3. The summed E-state index contributed by atoms with van der Waals surface area (Å²) >= 11 is 0. The fourth-order valence-corrected chi connectivity index (χ4v) is 2.40. The maximum Gasteiger partial charge on any atom is 0.243 e. The van der Waals surface area contributed by atoms with Crippen molar-refractivity contribution in [3.05, 3.63) is 78.6 Å².